The molecule has 1 amide bonds. The van der Waals surface area contributed by atoms with Gasteiger partial charge < -0.3 is 5.32 Å². The lowest BCUT2D eigenvalue weighted by atomic mass is 10.2. The predicted molar refractivity (Wildman–Crippen MR) is 118 cm³/mol. The van der Waals surface area contributed by atoms with E-state index in [1.165, 1.54) is 11.8 Å². The van der Waals surface area contributed by atoms with Crippen molar-refractivity contribution in [1.82, 2.24) is 9.55 Å². The largest absolute Gasteiger partial charge is 0.325 e. The smallest absolute Gasteiger partial charge is 0.266 e. The van der Waals surface area contributed by atoms with Gasteiger partial charge in [0.25, 0.3) is 5.56 Å². The van der Waals surface area contributed by atoms with E-state index in [0.29, 0.717) is 32.5 Å². The van der Waals surface area contributed by atoms with Crippen LogP contribution in [0.4, 0.5) is 5.69 Å². The molecule has 0 aliphatic rings. The zero-order valence-corrected chi connectivity index (χ0v) is 16.8. The highest BCUT2D eigenvalue weighted by Crippen LogP contribution is 2.22. The number of carbonyl (C=O) groups excluding carboxylic acids is 1. The minimum Gasteiger partial charge on any atom is -0.325 e. The molecule has 0 unspecified atom stereocenters. The number of nitrogens with zero attached hydrogens (tertiary/aromatic N) is 2. The second kappa shape index (κ2) is 8.51. The van der Waals surface area contributed by atoms with E-state index in [4.69, 9.17) is 11.6 Å². The van der Waals surface area contributed by atoms with Gasteiger partial charge in [0.15, 0.2) is 5.16 Å². The summed E-state index contributed by atoms with van der Waals surface area (Å²) in [6, 6.07) is 23.4. The zero-order chi connectivity index (χ0) is 20.2. The van der Waals surface area contributed by atoms with Gasteiger partial charge in [0.1, 0.15) is 0 Å². The maximum atomic E-state index is 13.1. The number of halogens is 1. The standard InChI is InChI=1S/C22H16ClN3O2S/c23-15-7-6-8-16(13-15)24-20(27)14-29-22-25-19-12-5-4-11-18(19)21(28)26(22)17-9-2-1-3-10-17/h1-13H,14H2,(H,24,27). The van der Waals surface area contributed by atoms with Crippen LogP contribution >= 0.6 is 23.4 Å². The van der Waals surface area contributed by atoms with Gasteiger partial charge in [-0.25, -0.2) is 4.98 Å². The van der Waals surface area contributed by atoms with Gasteiger partial charge in [-0.15, -0.1) is 0 Å². The van der Waals surface area contributed by atoms with Crippen molar-refractivity contribution in [1.29, 1.82) is 0 Å². The van der Waals surface area contributed by atoms with Gasteiger partial charge in [-0.05, 0) is 42.5 Å². The van der Waals surface area contributed by atoms with Gasteiger partial charge in [-0.2, -0.15) is 0 Å². The predicted octanol–water partition coefficient (Wildman–Crippen LogP) is 4.77. The summed E-state index contributed by atoms with van der Waals surface area (Å²) in [7, 11) is 0. The number of rotatable bonds is 5. The van der Waals surface area contributed by atoms with Crippen LogP contribution in [0.25, 0.3) is 16.6 Å². The van der Waals surface area contributed by atoms with Crippen LogP contribution in [0.3, 0.4) is 0 Å². The molecular formula is C22H16ClN3O2S. The Bertz CT molecular complexity index is 1240. The summed E-state index contributed by atoms with van der Waals surface area (Å²) in [6.07, 6.45) is 0. The van der Waals surface area contributed by atoms with Crippen molar-refractivity contribution < 1.29 is 4.79 Å². The van der Waals surface area contributed by atoms with Crippen LogP contribution in [0.5, 0.6) is 0 Å². The summed E-state index contributed by atoms with van der Waals surface area (Å²) in [5.74, 6) is -0.108. The van der Waals surface area contributed by atoms with Crippen LogP contribution in [0, 0.1) is 0 Å². The molecular weight excluding hydrogens is 406 g/mol. The van der Waals surface area contributed by atoms with Crippen molar-refractivity contribution >= 4 is 45.9 Å². The fourth-order valence-corrected chi connectivity index (χ4v) is 3.91. The third-order valence-corrected chi connectivity index (χ3v) is 5.37. The highest BCUT2D eigenvalue weighted by atomic mass is 35.5. The Balaban J connectivity index is 1.66. The van der Waals surface area contributed by atoms with Gasteiger partial charge in [0.05, 0.1) is 22.3 Å². The molecule has 0 aliphatic heterocycles. The number of nitrogens with one attached hydrogen (secondary N) is 1. The van der Waals surface area contributed by atoms with Crippen LogP contribution in [-0.2, 0) is 4.79 Å². The van der Waals surface area contributed by atoms with Crippen molar-refractivity contribution in [2.24, 2.45) is 0 Å². The van der Waals surface area contributed by atoms with E-state index in [1.807, 2.05) is 42.5 Å². The number of hydrogen-bond acceptors (Lipinski definition) is 4. The van der Waals surface area contributed by atoms with Crippen molar-refractivity contribution in [2.45, 2.75) is 5.16 Å². The van der Waals surface area contributed by atoms with Crippen LogP contribution in [-0.4, -0.2) is 21.2 Å². The first-order valence-corrected chi connectivity index (χ1v) is 10.2. The normalized spacial score (nSPS) is 10.8. The summed E-state index contributed by atoms with van der Waals surface area (Å²) < 4.78 is 1.54. The maximum Gasteiger partial charge on any atom is 0.266 e. The fraction of sp³-hybridized carbons (Fsp3) is 0.0455. The van der Waals surface area contributed by atoms with Crippen LogP contribution in [0.1, 0.15) is 0 Å². The first kappa shape index (κ1) is 19.2. The SMILES string of the molecule is O=C(CSc1nc2ccccc2c(=O)n1-c1ccccc1)Nc1cccc(Cl)c1. The molecule has 0 aliphatic carbocycles. The molecule has 0 saturated heterocycles. The number of carbonyl (C=O) groups is 1. The summed E-state index contributed by atoms with van der Waals surface area (Å²) in [4.78, 5) is 30.2. The minimum atomic E-state index is -0.209. The van der Waals surface area contributed by atoms with E-state index in [1.54, 1.807) is 41.0 Å². The summed E-state index contributed by atoms with van der Waals surface area (Å²) in [5.41, 5.74) is 1.76. The molecule has 4 rings (SSSR count). The number of thioether (sulfide) groups is 1. The van der Waals surface area contributed by atoms with E-state index in [-0.39, 0.29) is 17.2 Å². The molecule has 3 aromatic carbocycles. The number of anilines is 1. The van der Waals surface area contributed by atoms with Crippen molar-refractivity contribution in [2.75, 3.05) is 11.1 Å². The van der Waals surface area contributed by atoms with Gasteiger partial charge in [0, 0.05) is 10.7 Å². The van der Waals surface area contributed by atoms with E-state index in [2.05, 4.69) is 10.3 Å². The molecule has 0 bridgehead atoms. The van der Waals surface area contributed by atoms with Crippen LogP contribution in [0.15, 0.2) is 88.8 Å². The van der Waals surface area contributed by atoms with Crippen molar-refractivity contribution in [3.05, 3.63) is 94.2 Å². The summed E-state index contributed by atoms with van der Waals surface area (Å²) in [5, 5.41) is 4.34. The Hall–Kier alpha value is -3.09. The second-order valence-electron chi connectivity index (χ2n) is 6.23. The third-order valence-electron chi connectivity index (χ3n) is 4.20. The number of para-hydroxylation sites is 2. The Morgan fingerprint density at radius 1 is 1.00 bits per heavy atom. The summed E-state index contributed by atoms with van der Waals surface area (Å²) >= 11 is 7.17. The zero-order valence-electron chi connectivity index (χ0n) is 15.2. The maximum absolute atomic E-state index is 13.1. The molecule has 144 valence electrons. The van der Waals surface area contributed by atoms with Gasteiger partial charge >= 0.3 is 0 Å². The third kappa shape index (κ3) is 4.34. The number of benzene rings is 3. The van der Waals surface area contributed by atoms with E-state index in [0.717, 1.165) is 0 Å². The van der Waals surface area contributed by atoms with Crippen molar-refractivity contribution in [3.8, 4) is 5.69 Å². The van der Waals surface area contributed by atoms with Crippen LogP contribution < -0.4 is 10.9 Å². The molecule has 7 heteroatoms. The molecule has 5 nitrogen and oxygen atoms in total. The van der Waals surface area contributed by atoms with Gasteiger partial charge in [0.2, 0.25) is 5.91 Å². The highest BCUT2D eigenvalue weighted by Gasteiger charge is 2.14. The monoisotopic (exact) mass is 421 g/mol. The molecule has 1 aromatic heterocycles. The fourth-order valence-electron chi connectivity index (χ4n) is 2.91. The van der Waals surface area contributed by atoms with Crippen LogP contribution in [0.2, 0.25) is 5.02 Å². The first-order valence-electron chi connectivity index (χ1n) is 8.87. The number of fused-ring (bicyclic) bond motifs is 1. The lowest BCUT2D eigenvalue weighted by Gasteiger charge is -2.13. The summed E-state index contributed by atoms with van der Waals surface area (Å²) in [6.45, 7) is 0. The average molecular weight is 422 g/mol. The molecule has 0 atom stereocenters. The molecule has 0 spiro atoms. The lowest BCUT2D eigenvalue weighted by Crippen LogP contribution is -2.22. The minimum absolute atomic E-state index is 0.101. The van der Waals surface area contributed by atoms with Crippen molar-refractivity contribution in [3.63, 3.8) is 0 Å². The Morgan fingerprint density at radius 2 is 1.76 bits per heavy atom. The molecule has 4 aromatic rings. The van der Waals surface area contributed by atoms with Gasteiger partial charge in [-0.1, -0.05) is 59.8 Å². The van der Waals surface area contributed by atoms with E-state index in [9.17, 15) is 9.59 Å². The van der Waals surface area contributed by atoms with Gasteiger partial charge in [-0.3, -0.25) is 14.2 Å². The topological polar surface area (TPSA) is 64.0 Å². The molecule has 29 heavy (non-hydrogen) atoms. The average Bonchev–Trinajstić information content (AvgIpc) is 2.73. The quantitative estimate of drug-likeness (QED) is 0.372. The molecule has 0 saturated carbocycles. The Kier molecular flexibility index (Phi) is 5.64. The molecule has 0 fully saturated rings. The molecule has 1 heterocycles. The first-order chi connectivity index (χ1) is 14.1. The Labute approximate surface area is 176 Å². The number of hydrogen-bond donors (Lipinski definition) is 1. The highest BCUT2D eigenvalue weighted by molar-refractivity contribution is 7.99. The van der Waals surface area contributed by atoms with E-state index < -0.39 is 0 Å². The second-order valence-corrected chi connectivity index (χ2v) is 7.61. The van der Waals surface area contributed by atoms with E-state index >= 15 is 0 Å². The lowest BCUT2D eigenvalue weighted by molar-refractivity contribution is -0.113. The molecule has 0 radical (unpaired) electrons. The number of amides is 1. The molecule has 1 N–H and O–H groups in total. The Morgan fingerprint density at radius 3 is 2.55 bits per heavy atom. The number of aromatic nitrogens is 2.